The summed E-state index contributed by atoms with van der Waals surface area (Å²) in [6.07, 6.45) is 0. The molecule has 0 saturated carbocycles. The maximum absolute atomic E-state index is 5.14. The Morgan fingerprint density at radius 3 is 2.72 bits per heavy atom. The van der Waals surface area contributed by atoms with Crippen molar-refractivity contribution in [2.45, 2.75) is 33.7 Å². The van der Waals surface area contributed by atoms with E-state index in [4.69, 9.17) is 4.74 Å². The van der Waals surface area contributed by atoms with E-state index in [2.05, 4.69) is 42.9 Å². The number of nitrogens with one attached hydrogen (secondary N) is 1. The molecule has 1 aromatic rings. The fourth-order valence-electron chi connectivity index (χ4n) is 1.92. The van der Waals surface area contributed by atoms with Gasteiger partial charge in [0.2, 0.25) is 0 Å². The van der Waals surface area contributed by atoms with Gasteiger partial charge in [0.1, 0.15) is 0 Å². The topological polar surface area (TPSA) is 37.4 Å². The van der Waals surface area contributed by atoms with Crippen LogP contribution in [-0.4, -0.2) is 38.3 Å². The lowest BCUT2D eigenvalue weighted by atomic mass is 10.2. The molecule has 4 nitrogen and oxygen atoms in total. The lowest BCUT2D eigenvalue weighted by Crippen LogP contribution is -2.26. The van der Waals surface area contributed by atoms with Crippen molar-refractivity contribution in [1.82, 2.24) is 10.3 Å². The molecule has 104 valence electrons. The smallest absolute Gasteiger partial charge is 0.185 e. The number of likely N-dealkylation sites (N-methyl/N-ethyl adjacent to an activating group) is 1. The average molecular weight is 271 g/mol. The molecule has 0 amide bonds. The molecule has 0 saturated heterocycles. The molecule has 1 rings (SSSR count). The molecule has 1 aromatic heterocycles. The number of anilines is 1. The lowest BCUT2D eigenvalue weighted by molar-refractivity contribution is 0.205. The van der Waals surface area contributed by atoms with Crippen molar-refractivity contribution < 1.29 is 4.74 Å². The maximum Gasteiger partial charge on any atom is 0.185 e. The van der Waals surface area contributed by atoms with Gasteiger partial charge in [-0.3, -0.25) is 0 Å². The second kappa shape index (κ2) is 7.71. The zero-order chi connectivity index (χ0) is 13.5. The van der Waals surface area contributed by atoms with Gasteiger partial charge in [0.05, 0.1) is 12.3 Å². The quantitative estimate of drug-likeness (QED) is 0.788. The summed E-state index contributed by atoms with van der Waals surface area (Å²) < 4.78 is 5.14. The van der Waals surface area contributed by atoms with E-state index in [1.807, 2.05) is 0 Å². The van der Waals surface area contributed by atoms with Crippen molar-refractivity contribution >= 4 is 16.5 Å². The summed E-state index contributed by atoms with van der Waals surface area (Å²) in [6, 6.07) is 0.377. The summed E-state index contributed by atoms with van der Waals surface area (Å²) in [4.78, 5) is 8.29. The van der Waals surface area contributed by atoms with Crippen molar-refractivity contribution in [3.63, 3.8) is 0 Å². The third-order valence-electron chi connectivity index (χ3n) is 2.94. The zero-order valence-corrected chi connectivity index (χ0v) is 12.9. The molecule has 0 spiro atoms. The largest absolute Gasteiger partial charge is 0.383 e. The first-order valence-corrected chi connectivity index (χ1v) is 7.40. The Hall–Kier alpha value is -0.650. The number of methoxy groups -OCH3 is 1. The van der Waals surface area contributed by atoms with Gasteiger partial charge in [-0.2, -0.15) is 0 Å². The van der Waals surface area contributed by atoms with E-state index in [1.165, 1.54) is 4.88 Å². The van der Waals surface area contributed by atoms with Crippen LogP contribution in [0.4, 0.5) is 5.13 Å². The van der Waals surface area contributed by atoms with Crippen LogP contribution < -0.4 is 10.2 Å². The summed E-state index contributed by atoms with van der Waals surface area (Å²) in [5.74, 6) is 0. The fraction of sp³-hybridized carbons (Fsp3) is 0.769. The van der Waals surface area contributed by atoms with E-state index >= 15 is 0 Å². The summed E-state index contributed by atoms with van der Waals surface area (Å²) in [7, 11) is 1.74. The third-order valence-corrected chi connectivity index (χ3v) is 4.34. The molecule has 18 heavy (non-hydrogen) atoms. The number of hydrogen-bond donors (Lipinski definition) is 1. The van der Waals surface area contributed by atoms with E-state index in [9.17, 15) is 0 Å². The van der Waals surface area contributed by atoms with E-state index in [-0.39, 0.29) is 0 Å². The van der Waals surface area contributed by atoms with Crippen molar-refractivity contribution in [3.05, 3.63) is 10.6 Å². The van der Waals surface area contributed by atoms with Gasteiger partial charge in [0, 0.05) is 31.1 Å². The summed E-state index contributed by atoms with van der Waals surface area (Å²) in [5, 5.41) is 4.55. The Morgan fingerprint density at radius 1 is 1.44 bits per heavy atom. The summed E-state index contributed by atoms with van der Waals surface area (Å²) in [5.41, 5.74) is 1.14. The average Bonchev–Trinajstić information content (AvgIpc) is 2.73. The molecule has 5 heteroatoms. The first-order chi connectivity index (χ1) is 8.63. The molecule has 0 fully saturated rings. The number of nitrogens with zero attached hydrogens (tertiary/aromatic N) is 2. The molecular formula is C13H25N3OS. The second-order valence-corrected chi connectivity index (χ2v) is 5.31. The minimum Gasteiger partial charge on any atom is -0.383 e. The SMILES string of the molecule is CCNC(C)c1sc(N(CC)CCOC)nc1C. The predicted molar refractivity (Wildman–Crippen MR) is 78.7 cm³/mol. The van der Waals surface area contributed by atoms with Gasteiger partial charge in [-0.15, -0.1) is 11.3 Å². The van der Waals surface area contributed by atoms with Gasteiger partial charge in [-0.05, 0) is 27.3 Å². The van der Waals surface area contributed by atoms with Gasteiger partial charge in [0.15, 0.2) is 5.13 Å². The Kier molecular flexibility index (Phi) is 6.60. The highest BCUT2D eigenvalue weighted by Crippen LogP contribution is 2.30. The van der Waals surface area contributed by atoms with Gasteiger partial charge in [0.25, 0.3) is 0 Å². The molecule has 1 unspecified atom stereocenters. The van der Waals surface area contributed by atoms with Crippen molar-refractivity contribution in [1.29, 1.82) is 0 Å². The maximum atomic E-state index is 5.14. The van der Waals surface area contributed by atoms with E-state index in [0.29, 0.717) is 6.04 Å². The van der Waals surface area contributed by atoms with Gasteiger partial charge in [-0.25, -0.2) is 4.98 Å². The lowest BCUT2D eigenvalue weighted by Gasteiger charge is -2.19. The highest BCUT2D eigenvalue weighted by molar-refractivity contribution is 7.15. The Bertz CT molecular complexity index is 354. The summed E-state index contributed by atoms with van der Waals surface area (Å²) >= 11 is 1.79. The molecule has 0 aliphatic carbocycles. The minimum absolute atomic E-state index is 0.377. The van der Waals surface area contributed by atoms with Gasteiger partial charge >= 0.3 is 0 Å². The second-order valence-electron chi connectivity index (χ2n) is 4.30. The van der Waals surface area contributed by atoms with Crippen LogP contribution in [0.5, 0.6) is 0 Å². The van der Waals surface area contributed by atoms with Crippen LogP contribution in [0.3, 0.4) is 0 Å². The number of thiazole rings is 1. The fourth-order valence-corrected chi connectivity index (χ4v) is 3.10. The Balaban J connectivity index is 2.80. The molecule has 1 atom stereocenters. The van der Waals surface area contributed by atoms with Crippen LogP contribution in [-0.2, 0) is 4.74 Å². The van der Waals surface area contributed by atoms with Crippen LogP contribution in [0.15, 0.2) is 0 Å². The predicted octanol–water partition coefficient (Wildman–Crippen LogP) is 2.59. The van der Waals surface area contributed by atoms with Gasteiger partial charge < -0.3 is 15.0 Å². The summed E-state index contributed by atoms with van der Waals surface area (Å²) in [6.45, 7) is 12.1. The number of rotatable bonds is 8. The highest BCUT2D eigenvalue weighted by atomic mass is 32.1. The van der Waals surface area contributed by atoms with Crippen LogP contribution in [0.1, 0.15) is 37.4 Å². The van der Waals surface area contributed by atoms with Crippen molar-refractivity contribution in [3.8, 4) is 0 Å². The molecule has 0 radical (unpaired) electrons. The van der Waals surface area contributed by atoms with Crippen LogP contribution >= 0.6 is 11.3 Å². The molecule has 0 bridgehead atoms. The first kappa shape index (κ1) is 15.4. The Morgan fingerprint density at radius 2 is 2.17 bits per heavy atom. The standard InChI is InChI=1S/C13H25N3OS/c1-6-14-10(3)12-11(4)15-13(18-12)16(7-2)8-9-17-5/h10,14H,6-9H2,1-5H3. The van der Waals surface area contributed by atoms with Crippen molar-refractivity contribution in [2.24, 2.45) is 0 Å². The van der Waals surface area contributed by atoms with Crippen LogP contribution in [0.2, 0.25) is 0 Å². The third kappa shape index (κ3) is 3.93. The molecule has 1 heterocycles. The van der Waals surface area contributed by atoms with Crippen molar-refractivity contribution in [2.75, 3.05) is 38.3 Å². The van der Waals surface area contributed by atoms with E-state index < -0.39 is 0 Å². The monoisotopic (exact) mass is 271 g/mol. The molecule has 0 aliphatic rings. The highest BCUT2D eigenvalue weighted by Gasteiger charge is 2.16. The molecule has 0 aliphatic heterocycles. The normalized spacial score (nSPS) is 12.7. The molecule has 0 aromatic carbocycles. The number of hydrogen-bond acceptors (Lipinski definition) is 5. The van der Waals surface area contributed by atoms with Gasteiger partial charge in [-0.1, -0.05) is 6.92 Å². The first-order valence-electron chi connectivity index (χ1n) is 6.58. The minimum atomic E-state index is 0.377. The number of ether oxygens (including phenoxy) is 1. The van der Waals surface area contributed by atoms with E-state index in [0.717, 1.165) is 37.1 Å². The number of aromatic nitrogens is 1. The molecular weight excluding hydrogens is 246 g/mol. The van der Waals surface area contributed by atoms with Crippen LogP contribution in [0, 0.1) is 6.92 Å². The number of aryl methyl sites for hydroxylation is 1. The molecule has 1 N–H and O–H groups in total. The zero-order valence-electron chi connectivity index (χ0n) is 12.1. The Labute approximate surface area is 114 Å². The van der Waals surface area contributed by atoms with E-state index in [1.54, 1.807) is 18.4 Å². The van der Waals surface area contributed by atoms with Crippen LogP contribution in [0.25, 0.3) is 0 Å².